The Morgan fingerprint density at radius 3 is 2.92 bits per heavy atom. The molecule has 0 unspecified atom stereocenters. The molecule has 0 heterocycles. The van der Waals surface area contributed by atoms with Crippen LogP contribution < -0.4 is 11.5 Å². The van der Waals surface area contributed by atoms with Crippen LogP contribution in [0.25, 0.3) is 0 Å². The lowest BCUT2D eigenvalue weighted by Crippen LogP contribution is -2.27. The highest BCUT2D eigenvalue weighted by molar-refractivity contribution is 5.45. The smallest absolute Gasteiger partial charge is 0.0316 e. The van der Waals surface area contributed by atoms with Crippen molar-refractivity contribution < 1.29 is 0 Å². The van der Waals surface area contributed by atoms with Crippen molar-refractivity contribution in [1.29, 1.82) is 0 Å². The Kier molecular flexibility index (Phi) is 1.77. The van der Waals surface area contributed by atoms with E-state index in [0.717, 1.165) is 24.9 Å². The maximum atomic E-state index is 5.86. The van der Waals surface area contributed by atoms with Gasteiger partial charge in [0, 0.05) is 11.7 Å². The molecule has 2 rings (SSSR count). The summed E-state index contributed by atoms with van der Waals surface area (Å²) in [7, 11) is 0. The second kappa shape index (κ2) is 2.79. The summed E-state index contributed by atoms with van der Waals surface area (Å²) in [5, 5.41) is 0. The molecule has 0 fully saturated rings. The average molecular weight is 162 g/mol. The van der Waals surface area contributed by atoms with Gasteiger partial charge in [-0.15, -0.1) is 0 Å². The van der Waals surface area contributed by atoms with Crippen LogP contribution in [0.4, 0.5) is 5.69 Å². The van der Waals surface area contributed by atoms with Crippen molar-refractivity contribution in [2.75, 3.05) is 5.73 Å². The largest absolute Gasteiger partial charge is 0.399 e. The van der Waals surface area contributed by atoms with Crippen LogP contribution in [0.2, 0.25) is 0 Å². The van der Waals surface area contributed by atoms with Gasteiger partial charge in [0.2, 0.25) is 0 Å². The number of nitrogen functional groups attached to an aromatic ring is 1. The summed E-state index contributed by atoms with van der Waals surface area (Å²) in [6.45, 7) is 0. The molecular formula is C10H14N2. The Bertz CT molecular complexity index is 294. The first-order valence-electron chi connectivity index (χ1n) is 4.38. The molecule has 1 aliphatic rings. The highest BCUT2D eigenvalue weighted by Gasteiger charge is 2.14. The van der Waals surface area contributed by atoms with E-state index >= 15 is 0 Å². The van der Waals surface area contributed by atoms with Gasteiger partial charge >= 0.3 is 0 Å². The second-order valence-corrected chi connectivity index (χ2v) is 3.53. The molecule has 0 saturated heterocycles. The highest BCUT2D eigenvalue weighted by atomic mass is 14.6. The monoisotopic (exact) mass is 162 g/mol. The Labute approximate surface area is 72.6 Å². The van der Waals surface area contributed by atoms with Crippen molar-refractivity contribution in [2.24, 2.45) is 5.73 Å². The van der Waals surface area contributed by atoms with Crippen molar-refractivity contribution in [3.05, 3.63) is 29.3 Å². The Balaban J connectivity index is 2.37. The van der Waals surface area contributed by atoms with Gasteiger partial charge in [-0.3, -0.25) is 0 Å². The lowest BCUT2D eigenvalue weighted by atomic mass is 9.88. The number of benzene rings is 1. The van der Waals surface area contributed by atoms with Gasteiger partial charge in [-0.25, -0.2) is 0 Å². The van der Waals surface area contributed by atoms with Gasteiger partial charge in [0.25, 0.3) is 0 Å². The standard InChI is InChI=1S/C10H14N2/c11-9-3-1-7-5-10(12)4-2-8(7)6-9/h1,3,6,10H,2,4-5,11-12H2/t10-/m1/s1. The van der Waals surface area contributed by atoms with Crippen LogP contribution in [0.5, 0.6) is 0 Å². The molecule has 0 aromatic heterocycles. The molecule has 2 heteroatoms. The normalized spacial score (nSPS) is 21.9. The number of nitrogens with two attached hydrogens (primary N) is 2. The van der Waals surface area contributed by atoms with Gasteiger partial charge in [-0.1, -0.05) is 6.07 Å². The van der Waals surface area contributed by atoms with E-state index in [1.54, 1.807) is 0 Å². The molecule has 1 aromatic carbocycles. The fraction of sp³-hybridized carbons (Fsp3) is 0.400. The van der Waals surface area contributed by atoms with Crippen molar-refractivity contribution in [2.45, 2.75) is 25.3 Å². The molecule has 4 N–H and O–H groups in total. The molecule has 1 atom stereocenters. The summed E-state index contributed by atoms with van der Waals surface area (Å²) in [5.74, 6) is 0. The minimum Gasteiger partial charge on any atom is -0.399 e. The maximum Gasteiger partial charge on any atom is 0.0316 e. The van der Waals surface area contributed by atoms with Gasteiger partial charge in [0.1, 0.15) is 0 Å². The minimum atomic E-state index is 0.348. The third-order valence-electron chi connectivity index (χ3n) is 2.50. The molecule has 64 valence electrons. The van der Waals surface area contributed by atoms with Crippen LogP contribution in [0.15, 0.2) is 18.2 Å². The zero-order chi connectivity index (χ0) is 8.55. The third kappa shape index (κ3) is 1.30. The van der Waals surface area contributed by atoms with Crippen molar-refractivity contribution in [1.82, 2.24) is 0 Å². The fourth-order valence-electron chi connectivity index (χ4n) is 1.80. The van der Waals surface area contributed by atoms with Crippen molar-refractivity contribution in [3.63, 3.8) is 0 Å². The molecule has 1 aromatic rings. The number of hydrogen-bond donors (Lipinski definition) is 2. The summed E-state index contributed by atoms with van der Waals surface area (Å²) in [6.07, 6.45) is 3.19. The summed E-state index contributed by atoms with van der Waals surface area (Å²) < 4.78 is 0. The molecule has 0 amide bonds. The number of fused-ring (bicyclic) bond motifs is 1. The van der Waals surface area contributed by atoms with Crippen LogP contribution in [0.1, 0.15) is 17.5 Å². The van der Waals surface area contributed by atoms with Crippen molar-refractivity contribution >= 4 is 5.69 Å². The number of aryl methyl sites for hydroxylation is 1. The zero-order valence-electron chi connectivity index (χ0n) is 7.09. The second-order valence-electron chi connectivity index (χ2n) is 3.53. The maximum absolute atomic E-state index is 5.86. The summed E-state index contributed by atoms with van der Waals surface area (Å²) in [6, 6.07) is 6.48. The van der Waals surface area contributed by atoms with Gasteiger partial charge in [0.15, 0.2) is 0 Å². The van der Waals surface area contributed by atoms with Crippen LogP contribution in [-0.2, 0) is 12.8 Å². The van der Waals surface area contributed by atoms with E-state index < -0.39 is 0 Å². The lowest BCUT2D eigenvalue weighted by molar-refractivity contribution is 0.577. The molecule has 2 nitrogen and oxygen atoms in total. The predicted octanol–water partition coefficient (Wildman–Crippen LogP) is 1.08. The van der Waals surface area contributed by atoms with Gasteiger partial charge in [0.05, 0.1) is 0 Å². The molecule has 0 bridgehead atoms. The lowest BCUT2D eigenvalue weighted by Gasteiger charge is -2.21. The molecule has 0 aliphatic heterocycles. The van der Waals surface area contributed by atoms with E-state index in [1.165, 1.54) is 11.1 Å². The first kappa shape index (κ1) is 7.62. The van der Waals surface area contributed by atoms with E-state index in [-0.39, 0.29) is 0 Å². The Hall–Kier alpha value is -1.02. The summed E-state index contributed by atoms with van der Waals surface area (Å²) in [4.78, 5) is 0. The molecular weight excluding hydrogens is 148 g/mol. The van der Waals surface area contributed by atoms with E-state index in [2.05, 4.69) is 12.1 Å². The number of hydrogen-bond acceptors (Lipinski definition) is 2. The fourth-order valence-corrected chi connectivity index (χ4v) is 1.80. The van der Waals surface area contributed by atoms with Gasteiger partial charge in [-0.05, 0) is 42.5 Å². The topological polar surface area (TPSA) is 52.0 Å². The number of rotatable bonds is 0. The zero-order valence-corrected chi connectivity index (χ0v) is 7.09. The highest BCUT2D eigenvalue weighted by Crippen LogP contribution is 2.22. The SMILES string of the molecule is Nc1ccc2c(c1)CC[C@@H](N)C2. The molecule has 0 radical (unpaired) electrons. The van der Waals surface area contributed by atoms with Crippen LogP contribution in [-0.4, -0.2) is 6.04 Å². The van der Waals surface area contributed by atoms with Gasteiger partial charge < -0.3 is 11.5 Å². The van der Waals surface area contributed by atoms with E-state index in [0.29, 0.717) is 6.04 Å². The van der Waals surface area contributed by atoms with Crippen molar-refractivity contribution in [3.8, 4) is 0 Å². The molecule has 1 aliphatic carbocycles. The summed E-state index contributed by atoms with van der Waals surface area (Å²) in [5.41, 5.74) is 15.2. The first-order chi connectivity index (χ1) is 5.75. The van der Waals surface area contributed by atoms with Crippen LogP contribution in [0, 0.1) is 0 Å². The van der Waals surface area contributed by atoms with E-state index in [4.69, 9.17) is 11.5 Å². The van der Waals surface area contributed by atoms with Gasteiger partial charge in [-0.2, -0.15) is 0 Å². The first-order valence-corrected chi connectivity index (χ1v) is 4.38. The number of anilines is 1. The van der Waals surface area contributed by atoms with Crippen LogP contribution >= 0.6 is 0 Å². The minimum absolute atomic E-state index is 0.348. The molecule has 0 spiro atoms. The quantitative estimate of drug-likeness (QED) is 0.561. The Morgan fingerprint density at radius 2 is 2.08 bits per heavy atom. The van der Waals surface area contributed by atoms with Crippen LogP contribution in [0.3, 0.4) is 0 Å². The summed E-state index contributed by atoms with van der Waals surface area (Å²) >= 11 is 0. The predicted molar refractivity (Wildman–Crippen MR) is 50.9 cm³/mol. The third-order valence-corrected chi connectivity index (χ3v) is 2.50. The Morgan fingerprint density at radius 1 is 1.25 bits per heavy atom. The molecule has 0 saturated carbocycles. The van der Waals surface area contributed by atoms with E-state index in [1.807, 2.05) is 6.07 Å². The molecule has 12 heavy (non-hydrogen) atoms. The average Bonchev–Trinajstić information content (AvgIpc) is 2.05. The van der Waals surface area contributed by atoms with E-state index in [9.17, 15) is 0 Å².